The van der Waals surface area contributed by atoms with Gasteiger partial charge in [-0.1, -0.05) is 30.7 Å². The predicted octanol–water partition coefficient (Wildman–Crippen LogP) is 3.30. The molecule has 136 valence electrons. The van der Waals surface area contributed by atoms with Gasteiger partial charge in [-0.05, 0) is 30.2 Å². The molecular weight excluding hydrogens is 346 g/mol. The Hall–Kier alpha value is -2.11. The average molecular weight is 370 g/mol. The molecule has 1 aliphatic rings. The summed E-state index contributed by atoms with van der Waals surface area (Å²) in [6, 6.07) is 10.2. The van der Waals surface area contributed by atoms with Crippen LogP contribution >= 0.6 is 11.6 Å². The molecule has 0 unspecified atom stereocenters. The van der Waals surface area contributed by atoms with Crippen LogP contribution in [0.25, 0.3) is 11.2 Å². The molecule has 0 aliphatic carbocycles. The Balaban J connectivity index is 1.67. The Morgan fingerprint density at radius 1 is 1.19 bits per heavy atom. The van der Waals surface area contributed by atoms with Crippen LogP contribution in [0.5, 0.6) is 0 Å². The van der Waals surface area contributed by atoms with Crippen LogP contribution in [0.3, 0.4) is 0 Å². The third-order valence-electron chi connectivity index (χ3n) is 4.98. The third-order valence-corrected chi connectivity index (χ3v) is 5.21. The Labute approximate surface area is 159 Å². The van der Waals surface area contributed by atoms with Crippen molar-refractivity contribution in [1.29, 1.82) is 0 Å². The van der Waals surface area contributed by atoms with E-state index in [1.165, 1.54) is 11.3 Å². The van der Waals surface area contributed by atoms with Gasteiger partial charge in [-0.25, -0.2) is 9.97 Å². The van der Waals surface area contributed by atoms with Gasteiger partial charge in [0.1, 0.15) is 11.3 Å². The lowest BCUT2D eigenvalue weighted by Gasteiger charge is -2.29. The number of aryl methyl sites for hydroxylation is 3. The molecule has 0 atom stereocenters. The van der Waals surface area contributed by atoms with E-state index in [-0.39, 0.29) is 0 Å². The van der Waals surface area contributed by atoms with Crippen LogP contribution in [0.4, 0.5) is 5.69 Å². The Kier molecular flexibility index (Phi) is 5.09. The van der Waals surface area contributed by atoms with E-state index < -0.39 is 0 Å². The highest BCUT2D eigenvalue weighted by Crippen LogP contribution is 2.26. The van der Waals surface area contributed by atoms with Crippen LogP contribution in [0, 0.1) is 0 Å². The van der Waals surface area contributed by atoms with Crippen molar-refractivity contribution in [3.63, 3.8) is 0 Å². The van der Waals surface area contributed by atoms with Crippen molar-refractivity contribution in [3.8, 4) is 0 Å². The van der Waals surface area contributed by atoms with Gasteiger partial charge in [-0.3, -0.25) is 0 Å². The average Bonchev–Trinajstić information content (AvgIpc) is 3.05. The summed E-state index contributed by atoms with van der Waals surface area (Å²) in [5.74, 6) is 1.09. The fourth-order valence-corrected chi connectivity index (χ4v) is 3.86. The molecule has 1 aromatic carbocycles. The van der Waals surface area contributed by atoms with Crippen LogP contribution in [0.15, 0.2) is 36.5 Å². The van der Waals surface area contributed by atoms with Crippen molar-refractivity contribution in [3.05, 3.63) is 52.9 Å². The van der Waals surface area contributed by atoms with E-state index in [1.54, 1.807) is 0 Å². The number of nitrogens with zero attached hydrogens (tertiary/aromatic N) is 4. The van der Waals surface area contributed by atoms with Gasteiger partial charge < -0.3 is 14.8 Å². The van der Waals surface area contributed by atoms with Gasteiger partial charge >= 0.3 is 0 Å². The fourth-order valence-electron chi connectivity index (χ4n) is 3.65. The molecule has 4 rings (SSSR count). The number of halogens is 1. The molecule has 2 aromatic heterocycles. The third kappa shape index (κ3) is 3.41. The minimum Gasteiger partial charge on any atom is -0.367 e. The van der Waals surface area contributed by atoms with Gasteiger partial charge in [0, 0.05) is 50.4 Å². The molecule has 0 radical (unpaired) electrons. The maximum absolute atomic E-state index is 6.12. The second kappa shape index (κ2) is 7.64. The molecule has 0 bridgehead atoms. The molecule has 1 N–H and O–H groups in total. The molecule has 1 saturated heterocycles. The fraction of sp³-hybridized carbons (Fsp3) is 0.400. The molecule has 6 heteroatoms. The molecule has 3 aromatic rings. The number of piperazine rings is 1. The molecule has 0 spiro atoms. The van der Waals surface area contributed by atoms with E-state index in [2.05, 4.69) is 38.8 Å². The van der Waals surface area contributed by atoms with Gasteiger partial charge in [-0.2, -0.15) is 0 Å². The number of pyridine rings is 1. The lowest BCUT2D eigenvalue weighted by atomic mass is 10.1. The van der Waals surface area contributed by atoms with E-state index in [9.17, 15) is 0 Å². The predicted molar refractivity (Wildman–Crippen MR) is 107 cm³/mol. The van der Waals surface area contributed by atoms with Crippen molar-refractivity contribution in [2.24, 2.45) is 0 Å². The van der Waals surface area contributed by atoms with Crippen molar-refractivity contribution in [2.75, 3.05) is 31.1 Å². The van der Waals surface area contributed by atoms with Gasteiger partial charge in [0.25, 0.3) is 0 Å². The summed E-state index contributed by atoms with van der Waals surface area (Å²) >= 11 is 6.12. The first-order valence-electron chi connectivity index (χ1n) is 9.30. The summed E-state index contributed by atoms with van der Waals surface area (Å²) in [4.78, 5) is 12.0. The zero-order valence-electron chi connectivity index (χ0n) is 15.1. The number of hydrogen-bond acceptors (Lipinski definition) is 4. The smallest absolute Gasteiger partial charge is 0.162 e. The highest BCUT2D eigenvalue weighted by Gasteiger charge is 2.18. The Morgan fingerprint density at radius 2 is 2.04 bits per heavy atom. The van der Waals surface area contributed by atoms with Crippen LogP contribution in [0.2, 0.25) is 5.02 Å². The van der Waals surface area contributed by atoms with Crippen LogP contribution in [0.1, 0.15) is 18.3 Å². The van der Waals surface area contributed by atoms with Crippen LogP contribution in [-0.2, 0) is 19.4 Å². The second-order valence-corrected chi connectivity index (χ2v) is 7.09. The molecule has 5 nitrogen and oxygen atoms in total. The maximum Gasteiger partial charge on any atom is 0.162 e. The number of imidazole rings is 1. The van der Waals surface area contributed by atoms with E-state index in [0.717, 1.165) is 67.6 Å². The monoisotopic (exact) mass is 369 g/mol. The summed E-state index contributed by atoms with van der Waals surface area (Å²) in [6.07, 6.45) is 3.72. The Bertz CT molecular complexity index is 898. The van der Waals surface area contributed by atoms with Gasteiger partial charge in [0.15, 0.2) is 5.65 Å². The van der Waals surface area contributed by atoms with Gasteiger partial charge in [-0.15, -0.1) is 0 Å². The number of benzene rings is 1. The zero-order chi connectivity index (χ0) is 17.9. The number of nitrogens with one attached hydrogen (secondary N) is 1. The van der Waals surface area contributed by atoms with Crippen molar-refractivity contribution in [1.82, 2.24) is 19.9 Å². The maximum atomic E-state index is 6.12. The molecular formula is C20H24ClN5. The number of aromatic nitrogens is 3. The molecule has 3 heterocycles. The van der Waals surface area contributed by atoms with Crippen molar-refractivity contribution < 1.29 is 0 Å². The highest BCUT2D eigenvalue weighted by molar-refractivity contribution is 6.30. The summed E-state index contributed by atoms with van der Waals surface area (Å²) in [6.45, 7) is 7.06. The lowest BCUT2D eigenvalue weighted by Crippen LogP contribution is -2.43. The van der Waals surface area contributed by atoms with Gasteiger partial charge in [0.05, 0.1) is 5.69 Å². The minimum absolute atomic E-state index is 0.785. The molecule has 1 fully saturated rings. The van der Waals surface area contributed by atoms with E-state index in [4.69, 9.17) is 16.6 Å². The number of rotatable bonds is 5. The van der Waals surface area contributed by atoms with Crippen LogP contribution < -0.4 is 10.2 Å². The SMILES string of the molecule is CCc1nc2c(N3CCNCC3)ccnc2n1CCc1cccc(Cl)c1. The number of anilines is 1. The summed E-state index contributed by atoms with van der Waals surface area (Å²) in [5.41, 5.74) is 4.45. The van der Waals surface area contributed by atoms with E-state index >= 15 is 0 Å². The first-order valence-corrected chi connectivity index (χ1v) is 9.68. The van der Waals surface area contributed by atoms with Crippen molar-refractivity contribution >= 4 is 28.5 Å². The summed E-state index contributed by atoms with van der Waals surface area (Å²) in [7, 11) is 0. The topological polar surface area (TPSA) is 46.0 Å². The van der Waals surface area contributed by atoms with Gasteiger partial charge in [0.2, 0.25) is 0 Å². The number of fused-ring (bicyclic) bond motifs is 1. The molecule has 26 heavy (non-hydrogen) atoms. The van der Waals surface area contributed by atoms with Crippen LogP contribution in [-0.4, -0.2) is 40.7 Å². The normalized spacial score (nSPS) is 14.9. The minimum atomic E-state index is 0.785. The van der Waals surface area contributed by atoms with E-state index in [0.29, 0.717) is 0 Å². The molecule has 1 aliphatic heterocycles. The largest absolute Gasteiger partial charge is 0.367 e. The van der Waals surface area contributed by atoms with E-state index in [1.807, 2.05) is 24.4 Å². The molecule has 0 amide bonds. The Morgan fingerprint density at radius 3 is 2.81 bits per heavy atom. The summed E-state index contributed by atoms with van der Waals surface area (Å²) in [5, 5.41) is 4.19. The zero-order valence-corrected chi connectivity index (χ0v) is 15.8. The standard InChI is InChI=1S/C20H24ClN5/c1-2-18-24-19-17(25-12-9-22-10-13-25)6-8-23-20(19)26(18)11-7-15-4-3-5-16(21)14-15/h3-6,8,14,22H,2,7,9-13H2,1H3. The highest BCUT2D eigenvalue weighted by atomic mass is 35.5. The number of hydrogen-bond donors (Lipinski definition) is 1. The van der Waals surface area contributed by atoms with Crippen molar-refractivity contribution in [2.45, 2.75) is 26.3 Å². The quantitative estimate of drug-likeness (QED) is 0.749. The first-order chi connectivity index (χ1) is 12.8. The second-order valence-electron chi connectivity index (χ2n) is 6.65. The summed E-state index contributed by atoms with van der Waals surface area (Å²) < 4.78 is 2.27. The first kappa shape index (κ1) is 17.3. The molecule has 0 saturated carbocycles. The lowest BCUT2D eigenvalue weighted by molar-refractivity contribution is 0.590.